The Morgan fingerprint density at radius 1 is 1.20 bits per heavy atom. The zero-order valence-electron chi connectivity index (χ0n) is 13.8. The van der Waals surface area contributed by atoms with Gasteiger partial charge in [-0.15, -0.1) is 0 Å². The van der Waals surface area contributed by atoms with Gasteiger partial charge < -0.3 is 11.1 Å². The molecule has 3 aromatic rings. The van der Waals surface area contributed by atoms with Gasteiger partial charge in [-0.05, 0) is 30.5 Å². The van der Waals surface area contributed by atoms with Crippen LogP contribution in [-0.2, 0) is 7.05 Å². The Morgan fingerprint density at radius 3 is 2.68 bits per heavy atom. The SMILES string of the molecule is Cn1cc(-c2ccc(N)c(NC(=O)c3cnc(C4CC4)cn3)c2)cn1. The number of carbonyl (C=O) groups excluding carboxylic acids is 1. The van der Waals surface area contributed by atoms with Gasteiger partial charge in [0.15, 0.2) is 0 Å². The molecule has 25 heavy (non-hydrogen) atoms. The standard InChI is InChI=1S/C18H18N6O/c1-24-10-13(7-22-24)12-4-5-14(19)15(6-12)23-18(25)17-9-20-16(8-21-17)11-2-3-11/h4-11H,2-3,19H2,1H3,(H,23,25). The summed E-state index contributed by atoms with van der Waals surface area (Å²) in [4.78, 5) is 21.0. The first-order valence-corrected chi connectivity index (χ1v) is 8.12. The molecule has 2 aromatic heterocycles. The highest BCUT2D eigenvalue weighted by Crippen LogP contribution is 2.38. The minimum Gasteiger partial charge on any atom is -0.397 e. The topological polar surface area (TPSA) is 98.7 Å². The van der Waals surface area contributed by atoms with Crippen LogP contribution in [0.3, 0.4) is 0 Å². The molecule has 0 unspecified atom stereocenters. The van der Waals surface area contributed by atoms with Crippen LogP contribution in [0.5, 0.6) is 0 Å². The first-order valence-electron chi connectivity index (χ1n) is 8.12. The number of rotatable bonds is 4. The Hall–Kier alpha value is -3.22. The van der Waals surface area contributed by atoms with Crippen LogP contribution in [0.25, 0.3) is 11.1 Å². The fourth-order valence-corrected chi connectivity index (χ4v) is 2.65. The zero-order valence-corrected chi connectivity index (χ0v) is 13.8. The molecule has 1 saturated carbocycles. The number of nitrogens with one attached hydrogen (secondary N) is 1. The number of nitrogen functional groups attached to an aromatic ring is 1. The number of amides is 1. The van der Waals surface area contributed by atoms with Crippen LogP contribution >= 0.6 is 0 Å². The van der Waals surface area contributed by atoms with Crippen molar-refractivity contribution in [3.63, 3.8) is 0 Å². The second-order valence-corrected chi connectivity index (χ2v) is 6.26. The lowest BCUT2D eigenvalue weighted by atomic mass is 10.1. The maximum Gasteiger partial charge on any atom is 0.275 e. The molecule has 7 nitrogen and oxygen atoms in total. The molecule has 126 valence electrons. The third-order valence-corrected chi connectivity index (χ3v) is 4.24. The van der Waals surface area contributed by atoms with Crippen molar-refractivity contribution in [2.24, 2.45) is 7.05 Å². The molecule has 3 N–H and O–H groups in total. The molecule has 1 aliphatic carbocycles. The van der Waals surface area contributed by atoms with E-state index in [9.17, 15) is 4.79 Å². The second-order valence-electron chi connectivity index (χ2n) is 6.26. The summed E-state index contributed by atoms with van der Waals surface area (Å²) in [5.74, 6) is 0.182. The number of aromatic nitrogens is 4. The van der Waals surface area contributed by atoms with Crippen LogP contribution in [0, 0.1) is 0 Å². The van der Waals surface area contributed by atoms with E-state index >= 15 is 0 Å². The smallest absolute Gasteiger partial charge is 0.275 e. The fraction of sp³-hybridized carbons (Fsp3) is 0.222. The summed E-state index contributed by atoms with van der Waals surface area (Å²) < 4.78 is 1.72. The van der Waals surface area contributed by atoms with E-state index in [4.69, 9.17) is 5.73 Å². The highest BCUT2D eigenvalue weighted by molar-refractivity contribution is 6.04. The van der Waals surface area contributed by atoms with Crippen LogP contribution in [0.1, 0.15) is 34.9 Å². The third-order valence-electron chi connectivity index (χ3n) is 4.24. The van der Waals surface area contributed by atoms with E-state index in [0.29, 0.717) is 17.3 Å². The lowest BCUT2D eigenvalue weighted by molar-refractivity contribution is 0.102. The molecular weight excluding hydrogens is 316 g/mol. The van der Waals surface area contributed by atoms with Gasteiger partial charge >= 0.3 is 0 Å². The van der Waals surface area contributed by atoms with Crippen molar-refractivity contribution in [2.75, 3.05) is 11.1 Å². The molecule has 0 radical (unpaired) electrons. The summed E-state index contributed by atoms with van der Waals surface area (Å²) in [6.45, 7) is 0. The quantitative estimate of drug-likeness (QED) is 0.715. The van der Waals surface area contributed by atoms with Crippen molar-refractivity contribution >= 4 is 17.3 Å². The minimum atomic E-state index is -0.329. The van der Waals surface area contributed by atoms with E-state index in [-0.39, 0.29) is 11.6 Å². The normalized spacial score (nSPS) is 13.6. The summed E-state index contributed by atoms with van der Waals surface area (Å²) >= 11 is 0. The Kier molecular flexibility index (Phi) is 3.68. The molecule has 0 bridgehead atoms. The van der Waals surface area contributed by atoms with Crippen molar-refractivity contribution in [1.82, 2.24) is 19.7 Å². The van der Waals surface area contributed by atoms with Gasteiger partial charge in [-0.3, -0.25) is 14.5 Å². The number of nitrogens with two attached hydrogens (primary N) is 1. The second kappa shape index (κ2) is 6.01. The predicted molar refractivity (Wildman–Crippen MR) is 95.0 cm³/mol. The van der Waals surface area contributed by atoms with Crippen LogP contribution in [0.15, 0.2) is 43.0 Å². The van der Waals surface area contributed by atoms with Crippen molar-refractivity contribution in [3.8, 4) is 11.1 Å². The Balaban J connectivity index is 1.55. The summed E-state index contributed by atoms with van der Waals surface area (Å²) in [5.41, 5.74) is 10.1. The van der Waals surface area contributed by atoms with Crippen LogP contribution in [-0.4, -0.2) is 25.7 Å². The molecule has 0 spiro atoms. The van der Waals surface area contributed by atoms with Gasteiger partial charge in [-0.2, -0.15) is 5.10 Å². The molecule has 0 aliphatic heterocycles. The maximum atomic E-state index is 12.4. The average Bonchev–Trinajstić information content (AvgIpc) is 3.38. The molecule has 2 heterocycles. The molecule has 0 saturated heterocycles. The van der Waals surface area contributed by atoms with Crippen molar-refractivity contribution in [3.05, 3.63) is 54.4 Å². The van der Waals surface area contributed by atoms with Crippen molar-refractivity contribution in [2.45, 2.75) is 18.8 Å². The molecule has 1 fully saturated rings. The Morgan fingerprint density at radius 2 is 2.04 bits per heavy atom. The Labute approximate surface area is 144 Å². The monoisotopic (exact) mass is 334 g/mol. The molecule has 1 aromatic carbocycles. The predicted octanol–water partition coefficient (Wildman–Crippen LogP) is 2.59. The van der Waals surface area contributed by atoms with Gasteiger partial charge in [-0.1, -0.05) is 6.07 Å². The van der Waals surface area contributed by atoms with Crippen molar-refractivity contribution < 1.29 is 4.79 Å². The number of hydrogen-bond acceptors (Lipinski definition) is 5. The molecule has 4 rings (SSSR count). The number of carbonyl (C=O) groups is 1. The van der Waals surface area contributed by atoms with Gasteiger partial charge in [-0.25, -0.2) is 4.98 Å². The number of aryl methyl sites for hydroxylation is 1. The average molecular weight is 334 g/mol. The number of benzene rings is 1. The van der Waals surface area contributed by atoms with E-state index in [1.54, 1.807) is 23.1 Å². The van der Waals surface area contributed by atoms with Gasteiger partial charge in [0.1, 0.15) is 5.69 Å². The van der Waals surface area contributed by atoms with Gasteiger partial charge in [0.25, 0.3) is 5.91 Å². The lowest BCUT2D eigenvalue weighted by Crippen LogP contribution is -2.15. The first kappa shape index (κ1) is 15.3. The lowest BCUT2D eigenvalue weighted by Gasteiger charge is -2.10. The van der Waals surface area contributed by atoms with E-state index in [2.05, 4.69) is 20.4 Å². The molecular formula is C18H18N6O. The summed E-state index contributed by atoms with van der Waals surface area (Å²) in [5, 5.41) is 6.98. The largest absolute Gasteiger partial charge is 0.397 e. The van der Waals surface area contributed by atoms with E-state index in [1.807, 2.05) is 25.4 Å². The number of anilines is 2. The molecule has 1 amide bonds. The van der Waals surface area contributed by atoms with Gasteiger partial charge in [0, 0.05) is 30.9 Å². The van der Waals surface area contributed by atoms with Gasteiger partial charge in [0.05, 0.1) is 29.5 Å². The summed E-state index contributed by atoms with van der Waals surface area (Å²) in [6.07, 6.45) is 9.17. The van der Waals surface area contributed by atoms with Crippen LogP contribution in [0.2, 0.25) is 0 Å². The molecule has 1 aliphatic rings. The Bertz CT molecular complexity index is 927. The minimum absolute atomic E-state index is 0.274. The van der Waals surface area contributed by atoms with Crippen molar-refractivity contribution in [1.29, 1.82) is 0 Å². The van der Waals surface area contributed by atoms with Gasteiger partial charge in [0.2, 0.25) is 0 Å². The first-order chi connectivity index (χ1) is 12.1. The fourth-order valence-electron chi connectivity index (χ4n) is 2.65. The summed E-state index contributed by atoms with van der Waals surface area (Å²) in [6, 6.07) is 5.49. The molecule has 7 heteroatoms. The third kappa shape index (κ3) is 3.21. The zero-order chi connectivity index (χ0) is 17.4. The van der Waals surface area contributed by atoms with Crippen LogP contribution < -0.4 is 11.1 Å². The summed E-state index contributed by atoms with van der Waals surface area (Å²) in [7, 11) is 1.85. The highest BCUT2D eigenvalue weighted by Gasteiger charge is 2.25. The van der Waals surface area contributed by atoms with E-state index in [1.165, 1.54) is 6.20 Å². The number of hydrogen-bond donors (Lipinski definition) is 2. The van der Waals surface area contributed by atoms with E-state index < -0.39 is 0 Å². The molecule has 0 atom stereocenters. The van der Waals surface area contributed by atoms with E-state index in [0.717, 1.165) is 29.7 Å². The number of nitrogens with zero attached hydrogens (tertiary/aromatic N) is 4. The maximum absolute atomic E-state index is 12.4. The van der Waals surface area contributed by atoms with Crippen LogP contribution in [0.4, 0.5) is 11.4 Å². The highest BCUT2D eigenvalue weighted by atomic mass is 16.1.